The van der Waals surface area contributed by atoms with Gasteiger partial charge in [-0.1, -0.05) is 30.3 Å². The molecule has 3 nitrogen and oxygen atoms in total. The molecular weight excluding hydrogens is 320 g/mol. The first kappa shape index (κ1) is 17.3. The first-order valence-corrected chi connectivity index (χ1v) is 8.31. The van der Waals surface area contributed by atoms with Crippen LogP contribution in [-0.2, 0) is 13.0 Å². The zero-order valence-electron chi connectivity index (χ0n) is 14.4. The highest BCUT2D eigenvalue weighted by Gasteiger charge is 2.15. The first-order valence-electron chi connectivity index (χ1n) is 8.31. The van der Waals surface area contributed by atoms with Gasteiger partial charge in [0.15, 0.2) is 5.82 Å². The fourth-order valence-electron chi connectivity index (χ4n) is 2.91. The van der Waals surface area contributed by atoms with Gasteiger partial charge in [-0.2, -0.15) is 5.10 Å². The standard InChI is InChI=1S/C20H21F2N3/c1-14-18(13-23-11-10-16-6-4-3-5-7-16)15(2)25(24-14)20-9-8-17(21)12-19(20)22/h3-9,12,23H,10-11,13H2,1-2H3. The van der Waals surface area contributed by atoms with Gasteiger partial charge in [0.25, 0.3) is 0 Å². The molecule has 130 valence electrons. The summed E-state index contributed by atoms with van der Waals surface area (Å²) in [5, 5.41) is 7.84. The van der Waals surface area contributed by atoms with Crippen molar-refractivity contribution in [2.45, 2.75) is 26.8 Å². The second-order valence-corrected chi connectivity index (χ2v) is 6.07. The van der Waals surface area contributed by atoms with Crippen molar-refractivity contribution in [1.82, 2.24) is 15.1 Å². The number of aryl methyl sites for hydroxylation is 1. The molecule has 0 spiro atoms. The number of halogens is 2. The highest BCUT2D eigenvalue weighted by Crippen LogP contribution is 2.20. The van der Waals surface area contributed by atoms with Gasteiger partial charge in [-0.15, -0.1) is 0 Å². The Morgan fingerprint density at radius 1 is 1.04 bits per heavy atom. The molecule has 1 aromatic heterocycles. The molecule has 3 aromatic rings. The molecule has 0 amide bonds. The normalized spacial score (nSPS) is 11.0. The van der Waals surface area contributed by atoms with E-state index >= 15 is 0 Å². The Labute approximate surface area is 146 Å². The monoisotopic (exact) mass is 341 g/mol. The van der Waals surface area contributed by atoms with E-state index in [1.807, 2.05) is 32.0 Å². The summed E-state index contributed by atoms with van der Waals surface area (Å²) in [6.45, 7) is 5.31. The van der Waals surface area contributed by atoms with Crippen molar-refractivity contribution >= 4 is 0 Å². The van der Waals surface area contributed by atoms with E-state index in [1.54, 1.807) is 0 Å². The van der Waals surface area contributed by atoms with Crippen LogP contribution in [0.5, 0.6) is 0 Å². The van der Waals surface area contributed by atoms with E-state index in [1.165, 1.54) is 22.4 Å². The Morgan fingerprint density at radius 2 is 1.80 bits per heavy atom. The topological polar surface area (TPSA) is 29.9 Å². The number of hydrogen-bond acceptors (Lipinski definition) is 2. The van der Waals surface area contributed by atoms with E-state index < -0.39 is 11.6 Å². The highest BCUT2D eigenvalue weighted by molar-refractivity contribution is 5.38. The number of aromatic nitrogens is 2. The van der Waals surface area contributed by atoms with Crippen LogP contribution in [0.4, 0.5) is 8.78 Å². The molecule has 0 aliphatic rings. The second kappa shape index (κ2) is 7.57. The summed E-state index contributed by atoms with van der Waals surface area (Å²) >= 11 is 0. The molecule has 0 bridgehead atoms. The summed E-state index contributed by atoms with van der Waals surface area (Å²) in [5.41, 5.74) is 4.28. The van der Waals surface area contributed by atoms with Gasteiger partial charge in [0, 0.05) is 23.9 Å². The zero-order chi connectivity index (χ0) is 17.8. The van der Waals surface area contributed by atoms with E-state index in [0.717, 1.165) is 36.0 Å². The molecule has 0 atom stereocenters. The van der Waals surface area contributed by atoms with Gasteiger partial charge in [0.2, 0.25) is 0 Å². The second-order valence-electron chi connectivity index (χ2n) is 6.07. The van der Waals surface area contributed by atoms with E-state index in [2.05, 4.69) is 22.5 Å². The van der Waals surface area contributed by atoms with Crippen molar-refractivity contribution < 1.29 is 8.78 Å². The third-order valence-electron chi connectivity index (χ3n) is 4.31. The smallest absolute Gasteiger partial charge is 0.151 e. The maximum Gasteiger partial charge on any atom is 0.151 e. The molecule has 1 heterocycles. The maximum absolute atomic E-state index is 14.0. The molecule has 5 heteroatoms. The Morgan fingerprint density at radius 3 is 2.52 bits per heavy atom. The van der Waals surface area contributed by atoms with Crippen LogP contribution in [-0.4, -0.2) is 16.3 Å². The van der Waals surface area contributed by atoms with E-state index in [4.69, 9.17) is 0 Å². The predicted molar refractivity (Wildman–Crippen MR) is 94.8 cm³/mol. The molecule has 1 N–H and O–H groups in total. The Hall–Kier alpha value is -2.53. The molecular formula is C20H21F2N3. The van der Waals surface area contributed by atoms with Gasteiger partial charge in [0.05, 0.1) is 5.69 Å². The minimum absolute atomic E-state index is 0.262. The van der Waals surface area contributed by atoms with Crippen molar-refractivity contribution in [3.05, 3.63) is 82.7 Å². The summed E-state index contributed by atoms with van der Waals surface area (Å²) in [6, 6.07) is 13.8. The van der Waals surface area contributed by atoms with E-state index in [-0.39, 0.29) is 5.69 Å². The molecule has 25 heavy (non-hydrogen) atoms. The van der Waals surface area contributed by atoms with Gasteiger partial charge in [-0.3, -0.25) is 0 Å². The predicted octanol–water partition coefficient (Wildman–Crippen LogP) is 4.10. The Bertz CT molecular complexity index is 857. The van der Waals surface area contributed by atoms with Crippen LogP contribution in [0.1, 0.15) is 22.5 Å². The molecule has 0 saturated heterocycles. The van der Waals surface area contributed by atoms with Crippen molar-refractivity contribution in [2.24, 2.45) is 0 Å². The van der Waals surface area contributed by atoms with E-state index in [0.29, 0.717) is 6.54 Å². The van der Waals surface area contributed by atoms with Gasteiger partial charge in [0.1, 0.15) is 11.5 Å². The summed E-state index contributed by atoms with van der Waals surface area (Å²) in [4.78, 5) is 0. The van der Waals surface area contributed by atoms with Crippen LogP contribution in [0.15, 0.2) is 48.5 Å². The van der Waals surface area contributed by atoms with Gasteiger partial charge in [-0.25, -0.2) is 13.5 Å². The summed E-state index contributed by atoms with van der Waals surface area (Å²) in [7, 11) is 0. The average molecular weight is 341 g/mol. The summed E-state index contributed by atoms with van der Waals surface area (Å²) < 4.78 is 28.7. The Balaban J connectivity index is 1.69. The fraction of sp³-hybridized carbons (Fsp3) is 0.250. The van der Waals surface area contributed by atoms with Crippen LogP contribution in [0, 0.1) is 25.5 Å². The summed E-state index contributed by atoms with van der Waals surface area (Å²) in [5.74, 6) is -1.21. The molecule has 0 aliphatic carbocycles. The van der Waals surface area contributed by atoms with Crippen molar-refractivity contribution in [2.75, 3.05) is 6.54 Å². The molecule has 0 saturated carbocycles. The van der Waals surface area contributed by atoms with Crippen molar-refractivity contribution in [3.8, 4) is 5.69 Å². The largest absolute Gasteiger partial charge is 0.312 e. The lowest BCUT2D eigenvalue weighted by molar-refractivity contribution is 0.572. The third-order valence-corrected chi connectivity index (χ3v) is 4.31. The van der Waals surface area contributed by atoms with Crippen LogP contribution in [0.3, 0.4) is 0 Å². The lowest BCUT2D eigenvalue weighted by atomic mass is 10.1. The number of benzene rings is 2. The summed E-state index contributed by atoms with van der Waals surface area (Å²) in [6.07, 6.45) is 0.944. The van der Waals surface area contributed by atoms with Crippen molar-refractivity contribution in [1.29, 1.82) is 0 Å². The minimum Gasteiger partial charge on any atom is -0.312 e. The van der Waals surface area contributed by atoms with Crippen LogP contribution < -0.4 is 5.32 Å². The molecule has 0 aliphatic heterocycles. The van der Waals surface area contributed by atoms with Gasteiger partial charge >= 0.3 is 0 Å². The third kappa shape index (κ3) is 3.94. The van der Waals surface area contributed by atoms with E-state index in [9.17, 15) is 8.78 Å². The van der Waals surface area contributed by atoms with Gasteiger partial charge < -0.3 is 5.32 Å². The highest BCUT2D eigenvalue weighted by atomic mass is 19.1. The molecule has 0 fully saturated rings. The molecule has 2 aromatic carbocycles. The van der Waals surface area contributed by atoms with Crippen LogP contribution >= 0.6 is 0 Å². The maximum atomic E-state index is 14.0. The van der Waals surface area contributed by atoms with Gasteiger partial charge in [-0.05, 0) is 44.5 Å². The quantitative estimate of drug-likeness (QED) is 0.684. The number of nitrogens with zero attached hydrogens (tertiary/aromatic N) is 2. The number of rotatable bonds is 6. The minimum atomic E-state index is -0.616. The number of nitrogens with one attached hydrogen (secondary N) is 1. The first-order chi connectivity index (χ1) is 12.1. The molecule has 0 radical (unpaired) electrons. The van der Waals surface area contributed by atoms with Crippen molar-refractivity contribution in [3.63, 3.8) is 0 Å². The average Bonchev–Trinajstić information content (AvgIpc) is 2.87. The number of hydrogen-bond donors (Lipinski definition) is 1. The lowest BCUT2D eigenvalue weighted by Crippen LogP contribution is -2.17. The SMILES string of the molecule is Cc1nn(-c2ccc(F)cc2F)c(C)c1CNCCc1ccccc1. The molecule has 0 unspecified atom stereocenters. The lowest BCUT2D eigenvalue weighted by Gasteiger charge is -2.08. The Kier molecular flexibility index (Phi) is 5.24. The molecule has 3 rings (SSSR count). The fourth-order valence-corrected chi connectivity index (χ4v) is 2.91. The van der Waals surface area contributed by atoms with Crippen LogP contribution in [0.2, 0.25) is 0 Å². The van der Waals surface area contributed by atoms with Crippen LogP contribution in [0.25, 0.3) is 5.69 Å². The zero-order valence-corrected chi connectivity index (χ0v) is 14.4.